The molecule has 1 aliphatic heterocycles. The van der Waals surface area contributed by atoms with Crippen molar-refractivity contribution in [1.82, 2.24) is 9.80 Å². The number of carbonyl (C=O) groups excluding carboxylic acids is 2. The number of ether oxygens (including phenoxy) is 1. The fourth-order valence-electron chi connectivity index (χ4n) is 2.67. The van der Waals surface area contributed by atoms with Gasteiger partial charge in [-0.2, -0.15) is 0 Å². The van der Waals surface area contributed by atoms with Crippen molar-refractivity contribution in [2.45, 2.75) is 33.8 Å². The third-order valence-electron chi connectivity index (χ3n) is 4.07. The zero-order valence-corrected chi connectivity index (χ0v) is 16.5. The molecule has 2 rings (SSSR count). The summed E-state index contributed by atoms with van der Waals surface area (Å²) in [5, 5.41) is 0.878. The summed E-state index contributed by atoms with van der Waals surface area (Å²) in [5.74, 6) is 0.416. The quantitative estimate of drug-likeness (QED) is 0.798. The van der Waals surface area contributed by atoms with Gasteiger partial charge in [-0.25, -0.2) is 0 Å². The number of hydrogen-bond acceptors (Lipinski definition) is 3. The van der Waals surface area contributed by atoms with Gasteiger partial charge in [-0.1, -0.05) is 44.0 Å². The molecule has 2 amide bonds. The van der Waals surface area contributed by atoms with Crippen molar-refractivity contribution >= 4 is 35.0 Å². The molecule has 7 heteroatoms. The summed E-state index contributed by atoms with van der Waals surface area (Å²) in [6.07, 6.45) is -0.663. The van der Waals surface area contributed by atoms with E-state index in [0.717, 1.165) is 0 Å². The van der Waals surface area contributed by atoms with Crippen LogP contribution in [0.25, 0.3) is 0 Å². The molecule has 1 heterocycles. The van der Waals surface area contributed by atoms with Gasteiger partial charge in [0.1, 0.15) is 5.75 Å². The first-order valence-corrected chi connectivity index (χ1v) is 9.05. The lowest BCUT2D eigenvalue weighted by Gasteiger charge is -2.38. The van der Waals surface area contributed by atoms with Crippen LogP contribution in [-0.2, 0) is 9.59 Å². The van der Waals surface area contributed by atoms with Crippen LogP contribution in [0.5, 0.6) is 5.75 Å². The van der Waals surface area contributed by atoms with E-state index in [-0.39, 0.29) is 11.8 Å². The van der Waals surface area contributed by atoms with E-state index in [1.165, 1.54) is 0 Å². The van der Waals surface area contributed by atoms with Gasteiger partial charge in [0.2, 0.25) is 5.91 Å². The van der Waals surface area contributed by atoms with Crippen LogP contribution in [0, 0.1) is 5.41 Å². The second kappa shape index (κ2) is 7.83. The summed E-state index contributed by atoms with van der Waals surface area (Å²) < 4.78 is 5.68. The van der Waals surface area contributed by atoms with Crippen LogP contribution in [0.2, 0.25) is 10.0 Å². The molecule has 1 aromatic rings. The fourth-order valence-corrected chi connectivity index (χ4v) is 3.13. The number of halogens is 2. The minimum Gasteiger partial charge on any atom is -0.479 e. The Kier molecular flexibility index (Phi) is 6.22. The summed E-state index contributed by atoms with van der Waals surface area (Å²) in [6, 6.07) is 4.89. The Morgan fingerprint density at radius 2 is 1.64 bits per heavy atom. The minimum absolute atomic E-state index is 0.108. The van der Waals surface area contributed by atoms with Crippen molar-refractivity contribution in [3.8, 4) is 5.75 Å². The zero-order chi connectivity index (χ0) is 18.8. The van der Waals surface area contributed by atoms with Crippen molar-refractivity contribution in [3.05, 3.63) is 28.2 Å². The molecule has 1 atom stereocenters. The average Bonchev–Trinajstić information content (AvgIpc) is 2.55. The van der Waals surface area contributed by atoms with Gasteiger partial charge in [-0.05, 0) is 25.1 Å². The van der Waals surface area contributed by atoms with Crippen LogP contribution < -0.4 is 4.74 Å². The molecule has 1 unspecified atom stereocenters. The van der Waals surface area contributed by atoms with Gasteiger partial charge >= 0.3 is 0 Å². The van der Waals surface area contributed by atoms with Crippen molar-refractivity contribution < 1.29 is 14.3 Å². The molecule has 0 radical (unpaired) electrons. The van der Waals surface area contributed by atoms with Crippen molar-refractivity contribution in [3.63, 3.8) is 0 Å². The first kappa shape index (κ1) is 19.9. The predicted molar refractivity (Wildman–Crippen MR) is 99.2 cm³/mol. The molecule has 1 aromatic carbocycles. The Labute approximate surface area is 158 Å². The monoisotopic (exact) mass is 386 g/mol. The van der Waals surface area contributed by atoms with Gasteiger partial charge in [-0.3, -0.25) is 9.59 Å². The van der Waals surface area contributed by atoms with Gasteiger partial charge in [-0.15, -0.1) is 0 Å². The van der Waals surface area contributed by atoms with Crippen LogP contribution in [0.15, 0.2) is 18.2 Å². The summed E-state index contributed by atoms with van der Waals surface area (Å²) in [6.45, 7) is 9.48. The van der Waals surface area contributed by atoms with Gasteiger partial charge in [0, 0.05) is 36.6 Å². The highest BCUT2D eigenvalue weighted by Gasteiger charge is 2.32. The topological polar surface area (TPSA) is 49.9 Å². The fraction of sp³-hybridized carbons (Fsp3) is 0.556. The van der Waals surface area contributed by atoms with Gasteiger partial charge in [0.15, 0.2) is 6.10 Å². The second-order valence-corrected chi connectivity index (χ2v) is 8.05. The van der Waals surface area contributed by atoms with Crippen LogP contribution in [0.1, 0.15) is 27.7 Å². The molecule has 0 N–H and O–H groups in total. The molecule has 0 saturated carbocycles. The minimum atomic E-state index is -0.663. The maximum Gasteiger partial charge on any atom is 0.263 e. The molecule has 25 heavy (non-hydrogen) atoms. The number of amides is 2. The molecule has 1 fully saturated rings. The second-order valence-electron chi connectivity index (χ2n) is 7.20. The number of rotatable bonds is 3. The first-order chi connectivity index (χ1) is 11.6. The zero-order valence-electron chi connectivity index (χ0n) is 15.0. The summed E-state index contributed by atoms with van der Waals surface area (Å²) in [5.41, 5.74) is -0.409. The van der Waals surface area contributed by atoms with E-state index in [4.69, 9.17) is 27.9 Å². The standard InChI is InChI=1S/C18H24Cl2N2O3/c1-12(25-15-6-5-13(19)11-14(15)20)16(23)21-7-9-22(10-8-21)17(24)18(2,3)4/h5-6,11-12H,7-10H2,1-4H3. The average molecular weight is 387 g/mol. The molecular weight excluding hydrogens is 363 g/mol. The highest BCUT2D eigenvalue weighted by molar-refractivity contribution is 6.35. The normalized spacial score (nSPS) is 16.6. The Balaban J connectivity index is 1.92. The molecule has 1 aliphatic rings. The Morgan fingerprint density at radius 1 is 1.08 bits per heavy atom. The number of piperazine rings is 1. The molecule has 1 saturated heterocycles. The van der Waals surface area contributed by atoms with E-state index in [9.17, 15) is 9.59 Å². The Bertz CT molecular complexity index is 650. The number of carbonyl (C=O) groups is 2. The molecule has 0 aliphatic carbocycles. The Hall–Kier alpha value is -1.46. The lowest BCUT2D eigenvalue weighted by atomic mass is 9.94. The van der Waals surface area contributed by atoms with Crippen LogP contribution in [0.4, 0.5) is 0 Å². The smallest absolute Gasteiger partial charge is 0.263 e. The lowest BCUT2D eigenvalue weighted by molar-refractivity contribution is -0.147. The third-order valence-corrected chi connectivity index (χ3v) is 4.60. The van der Waals surface area contributed by atoms with Crippen LogP contribution in [-0.4, -0.2) is 53.9 Å². The largest absolute Gasteiger partial charge is 0.479 e. The van der Waals surface area contributed by atoms with E-state index in [1.54, 1.807) is 30.0 Å². The SMILES string of the molecule is CC(Oc1ccc(Cl)cc1Cl)C(=O)N1CCN(C(=O)C(C)(C)C)CC1. The molecule has 0 bridgehead atoms. The van der Waals surface area contributed by atoms with Gasteiger partial charge < -0.3 is 14.5 Å². The van der Waals surface area contributed by atoms with Crippen LogP contribution >= 0.6 is 23.2 Å². The lowest BCUT2D eigenvalue weighted by Crippen LogP contribution is -2.55. The highest BCUT2D eigenvalue weighted by atomic mass is 35.5. The van der Waals surface area contributed by atoms with Gasteiger partial charge in [0.05, 0.1) is 5.02 Å². The summed E-state index contributed by atoms with van der Waals surface area (Å²) in [7, 11) is 0. The molecular formula is C18H24Cl2N2O3. The maximum atomic E-state index is 12.6. The van der Waals surface area contributed by atoms with Crippen LogP contribution in [0.3, 0.4) is 0 Å². The molecule has 5 nitrogen and oxygen atoms in total. The highest BCUT2D eigenvalue weighted by Crippen LogP contribution is 2.28. The van der Waals surface area contributed by atoms with Crippen molar-refractivity contribution in [2.75, 3.05) is 26.2 Å². The number of hydrogen-bond donors (Lipinski definition) is 0. The Morgan fingerprint density at radius 3 is 2.16 bits per heavy atom. The van der Waals surface area contributed by atoms with Crippen molar-refractivity contribution in [1.29, 1.82) is 0 Å². The van der Waals surface area contributed by atoms with E-state index >= 15 is 0 Å². The van der Waals surface area contributed by atoms with Crippen molar-refractivity contribution in [2.24, 2.45) is 5.41 Å². The van der Waals surface area contributed by atoms with Gasteiger partial charge in [0.25, 0.3) is 5.91 Å². The van der Waals surface area contributed by atoms with E-state index in [2.05, 4.69) is 0 Å². The van der Waals surface area contributed by atoms with E-state index < -0.39 is 11.5 Å². The van der Waals surface area contributed by atoms with E-state index in [1.807, 2.05) is 25.7 Å². The molecule has 0 aromatic heterocycles. The molecule has 138 valence electrons. The number of benzene rings is 1. The third kappa shape index (κ3) is 5.02. The van der Waals surface area contributed by atoms with E-state index in [0.29, 0.717) is 42.0 Å². The number of nitrogens with zero attached hydrogens (tertiary/aromatic N) is 2. The summed E-state index contributed by atoms with van der Waals surface area (Å²) in [4.78, 5) is 28.4. The maximum absolute atomic E-state index is 12.6. The first-order valence-electron chi connectivity index (χ1n) is 8.29. The molecule has 0 spiro atoms. The predicted octanol–water partition coefficient (Wildman–Crippen LogP) is 3.48. The summed E-state index contributed by atoms with van der Waals surface area (Å²) >= 11 is 11.9.